The maximum absolute atomic E-state index is 13.4. The summed E-state index contributed by atoms with van der Waals surface area (Å²) in [5.74, 6) is 1.58. The van der Waals surface area contributed by atoms with E-state index in [1.807, 2.05) is 16.7 Å². The van der Waals surface area contributed by atoms with E-state index in [1.165, 1.54) is 6.26 Å². The minimum Gasteiger partial charge on any atom is -0.445 e. The molecular formula is C26H44N4O5S. The molecule has 7 unspecified atom stereocenters. The molecule has 5 fully saturated rings. The molecule has 0 aromatic rings. The number of amides is 2. The number of fused-ring (bicyclic) bond motifs is 2. The van der Waals surface area contributed by atoms with Gasteiger partial charge in [-0.15, -0.1) is 0 Å². The molecule has 5 rings (SSSR count). The summed E-state index contributed by atoms with van der Waals surface area (Å²) in [5, 5.41) is 3.32. The van der Waals surface area contributed by atoms with E-state index in [4.69, 9.17) is 4.74 Å². The number of piperazine rings is 1. The predicted molar refractivity (Wildman–Crippen MR) is 137 cm³/mol. The highest BCUT2D eigenvalue weighted by Crippen LogP contribution is 2.47. The van der Waals surface area contributed by atoms with Gasteiger partial charge >= 0.3 is 6.09 Å². The van der Waals surface area contributed by atoms with Crippen LogP contribution in [0.3, 0.4) is 0 Å². The second-order valence-electron chi connectivity index (χ2n) is 12.1. The zero-order chi connectivity index (χ0) is 25.6. The molecule has 9 nitrogen and oxygen atoms in total. The Balaban J connectivity index is 1.29. The third-order valence-electron chi connectivity index (χ3n) is 9.80. The monoisotopic (exact) mass is 524 g/mol. The second kappa shape index (κ2) is 10.4. The van der Waals surface area contributed by atoms with Gasteiger partial charge < -0.3 is 19.9 Å². The predicted octanol–water partition coefficient (Wildman–Crippen LogP) is 2.42. The fourth-order valence-corrected chi connectivity index (χ4v) is 9.45. The minimum atomic E-state index is -3.15. The van der Waals surface area contributed by atoms with Crippen molar-refractivity contribution in [3.05, 3.63) is 0 Å². The van der Waals surface area contributed by atoms with Gasteiger partial charge in [0.05, 0.1) is 18.3 Å². The maximum Gasteiger partial charge on any atom is 0.410 e. The molecule has 2 amide bonds. The molecular weight excluding hydrogens is 480 g/mol. The minimum absolute atomic E-state index is 0.0123. The van der Waals surface area contributed by atoms with Crippen molar-refractivity contribution in [1.29, 1.82) is 0 Å². The molecule has 36 heavy (non-hydrogen) atoms. The van der Waals surface area contributed by atoms with Crippen LogP contribution in [-0.2, 0) is 19.6 Å². The number of carbonyl (C=O) groups is 2. The highest BCUT2D eigenvalue weighted by Gasteiger charge is 2.50. The molecule has 3 heterocycles. The van der Waals surface area contributed by atoms with Crippen LogP contribution < -0.4 is 5.32 Å². The number of hydrogen-bond acceptors (Lipinski definition) is 6. The normalized spacial score (nSPS) is 39.9. The Hall–Kier alpha value is -1.39. The number of sulfonamides is 1. The van der Waals surface area contributed by atoms with Crippen LogP contribution >= 0.6 is 0 Å². The summed E-state index contributed by atoms with van der Waals surface area (Å²) in [7, 11) is -3.15. The zero-order valence-corrected chi connectivity index (χ0v) is 22.9. The Morgan fingerprint density at radius 3 is 2.31 bits per heavy atom. The van der Waals surface area contributed by atoms with E-state index in [1.54, 1.807) is 11.2 Å². The molecule has 1 N–H and O–H groups in total. The Morgan fingerprint density at radius 2 is 1.64 bits per heavy atom. The zero-order valence-electron chi connectivity index (χ0n) is 22.1. The molecule has 204 valence electrons. The van der Waals surface area contributed by atoms with Crippen LogP contribution in [0.5, 0.6) is 0 Å². The number of carbonyl (C=O) groups excluding carboxylic acids is 2. The van der Waals surface area contributed by atoms with Gasteiger partial charge in [-0.3, -0.25) is 4.79 Å². The summed E-state index contributed by atoms with van der Waals surface area (Å²) in [6, 6.07) is 0.171. The Bertz CT molecular complexity index is 939. The summed E-state index contributed by atoms with van der Waals surface area (Å²) in [5.41, 5.74) is 0. The van der Waals surface area contributed by atoms with Crippen LogP contribution in [0.25, 0.3) is 0 Å². The van der Waals surface area contributed by atoms with Gasteiger partial charge in [-0.05, 0) is 89.0 Å². The van der Waals surface area contributed by atoms with Gasteiger partial charge in [0.25, 0.3) is 0 Å². The average molecular weight is 525 g/mol. The van der Waals surface area contributed by atoms with Crippen LogP contribution in [0.15, 0.2) is 0 Å². The maximum atomic E-state index is 13.4. The van der Waals surface area contributed by atoms with E-state index >= 15 is 0 Å². The molecule has 2 saturated carbocycles. The van der Waals surface area contributed by atoms with Crippen molar-refractivity contribution in [2.75, 3.05) is 32.4 Å². The standard InChI is InChI=1S/C26H44N4O5S/c1-17-16-28(26(32)35-22-5-4-11-27-15-22)25-14-20(7-9-24(25)30(17)18(2)31)19-6-8-23-21(13-19)10-12-29(23)36(3,33)34/h17,19-25,27H,4-16H2,1-3H3/t17-,19?,20?,21?,22?,23?,24?,25?/m0/s1. The van der Waals surface area contributed by atoms with Crippen LogP contribution in [0.4, 0.5) is 4.79 Å². The number of rotatable bonds is 3. The number of nitrogens with one attached hydrogen (secondary N) is 1. The quantitative estimate of drug-likeness (QED) is 0.609. The highest BCUT2D eigenvalue weighted by molar-refractivity contribution is 7.88. The first kappa shape index (κ1) is 26.2. The fraction of sp³-hybridized carbons (Fsp3) is 0.923. The third kappa shape index (κ3) is 5.14. The van der Waals surface area contributed by atoms with E-state index in [9.17, 15) is 18.0 Å². The fourth-order valence-electron chi connectivity index (χ4n) is 8.24. The molecule has 8 atom stereocenters. The van der Waals surface area contributed by atoms with E-state index in [2.05, 4.69) is 5.32 Å². The highest BCUT2D eigenvalue weighted by atomic mass is 32.2. The Morgan fingerprint density at radius 1 is 0.917 bits per heavy atom. The van der Waals surface area contributed by atoms with Crippen LogP contribution in [0.1, 0.15) is 71.6 Å². The lowest BCUT2D eigenvalue weighted by atomic mass is 9.66. The smallest absolute Gasteiger partial charge is 0.410 e. The second-order valence-corrected chi connectivity index (χ2v) is 14.0. The van der Waals surface area contributed by atoms with Crippen molar-refractivity contribution in [2.45, 2.75) is 102 Å². The van der Waals surface area contributed by atoms with Crippen LogP contribution in [0, 0.1) is 17.8 Å². The van der Waals surface area contributed by atoms with Crippen LogP contribution in [0.2, 0.25) is 0 Å². The number of hydrogen-bond donors (Lipinski definition) is 1. The average Bonchev–Trinajstić information content (AvgIpc) is 3.27. The van der Waals surface area contributed by atoms with Gasteiger partial charge in [-0.1, -0.05) is 0 Å². The van der Waals surface area contributed by atoms with Crippen molar-refractivity contribution in [2.24, 2.45) is 17.8 Å². The Kier molecular flexibility index (Phi) is 7.58. The van der Waals surface area contributed by atoms with Gasteiger partial charge in [-0.25, -0.2) is 13.2 Å². The van der Waals surface area contributed by atoms with E-state index in [-0.39, 0.29) is 42.3 Å². The molecule has 3 aliphatic heterocycles. The third-order valence-corrected chi connectivity index (χ3v) is 11.1. The lowest BCUT2D eigenvalue weighted by Gasteiger charge is -2.54. The van der Waals surface area contributed by atoms with Crippen LogP contribution in [-0.4, -0.2) is 97.2 Å². The molecule has 0 spiro atoms. The van der Waals surface area contributed by atoms with Gasteiger partial charge in [0.15, 0.2) is 0 Å². The molecule has 0 bridgehead atoms. The van der Waals surface area contributed by atoms with E-state index in [0.29, 0.717) is 37.4 Å². The molecule has 0 aromatic carbocycles. The number of ether oxygens (including phenoxy) is 1. The van der Waals surface area contributed by atoms with Crippen molar-refractivity contribution < 1.29 is 22.7 Å². The van der Waals surface area contributed by atoms with E-state index in [0.717, 1.165) is 64.3 Å². The lowest BCUT2D eigenvalue weighted by Crippen LogP contribution is -2.67. The lowest BCUT2D eigenvalue weighted by molar-refractivity contribution is -0.143. The molecule has 10 heteroatoms. The van der Waals surface area contributed by atoms with E-state index < -0.39 is 10.0 Å². The molecule has 2 aliphatic carbocycles. The summed E-state index contributed by atoms with van der Waals surface area (Å²) in [6.07, 6.45) is 9.82. The number of nitrogens with zero attached hydrogens (tertiary/aromatic N) is 3. The van der Waals surface area contributed by atoms with Crippen molar-refractivity contribution >= 4 is 22.0 Å². The van der Waals surface area contributed by atoms with Gasteiger partial charge in [0, 0.05) is 38.6 Å². The van der Waals surface area contributed by atoms with Crippen molar-refractivity contribution in [3.63, 3.8) is 0 Å². The summed E-state index contributed by atoms with van der Waals surface area (Å²) < 4.78 is 32.1. The summed E-state index contributed by atoms with van der Waals surface area (Å²) in [6.45, 7) is 6.54. The first-order valence-corrected chi connectivity index (χ1v) is 15.9. The molecule has 0 radical (unpaired) electrons. The summed E-state index contributed by atoms with van der Waals surface area (Å²) >= 11 is 0. The van der Waals surface area contributed by atoms with Gasteiger partial charge in [0.1, 0.15) is 6.10 Å². The SMILES string of the molecule is CC(=O)N1C2CCC(C3CCC4C(CCN4S(C)(=O)=O)C3)CC2N(C(=O)OC2CCCNC2)C[C@@H]1C. The largest absolute Gasteiger partial charge is 0.445 e. The molecule has 0 aromatic heterocycles. The molecule has 5 aliphatic rings. The first-order valence-electron chi connectivity index (χ1n) is 14.1. The first-order chi connectivity index (χ1) is 17.1. The van der Waals surface area contributed by atoms with Gasteiger partial charge in [-0.2, -0.15) is 4.31 Å². The molecule has 3 saturated heterocycles. The van der Waals surface area contributed by atoms with Crippen molar-refractivity contribution in [1.82, 2.24) is 19.4 Å². The Labute approximate surface area is 216 Å². The summed E-state index contributed by atoms with van der Waals surface area (Å²) in [4.78, 5) is 30.0. The van der Waals surface area contributed by atoms with Crippen molar-refractivity contribution in [3.8, 4) is 0 Å². The van der Waals surface area contributed by atoms with Gasteiger partial charge in [0.2, 0.25) is 15.9 Å². The topological polar surface area (TPSA) is 99.3 Å². The number of piperidine rings is 1.